The van der Waals surface area contributed by atoms with Crippen LogP contribution in [-0.4, -0.2) is 9.78 Å². The van der Waals surface area contributed by atoms with Crippen molar-refractivity contribution in [3.8, 4) is 5.69 Å². The fraction of sp³-hybridized carbons (Fsp3) is 0.118. The predicted molar refractivity (Wildman–Crippen MR) is 94.8 cm³/mol. The zero-order valence-corrected chi connectivity index (χ0v) is 13.9. The van der Waals surface area contributed by atoms with Crippen LogP contribution in [0.1, 0.15) is 18.5 Å². The number of hydrogen-bond donors (Lipinski definition) is 1. The van der Waals surface area contributed by atoms with Crippen molar-refractivity contribution in [1.82, 2.24) is 9.78 Å². The molecule has 1 N–H and O–H groups in total. The lowest BCUT2D eigenvalue weighted by atomic mass is 10.2. The molecule has 21 heavy (non-hydrogen) atoms. The number of para-hydroxylation sites is 2. The predicted octanol–water partition coefficient (Wildman–Crippen LogP) is 4.65. The van der Waals surface area contributed by atoms with E-state index < -0.39 is 0 Å². The number of anilines is 1. The minimum atomic E-state index is 0.207. The van der Waals surface area contributed by atoms with Crippen LogP contribution in [0.15, 0.2) is 67.0 Å². The van der Waals surface area contributed by atoms with E-state index in [1.165, 1.54) is 9.13 Å². The van der Waals surface area contributed by atoms with E-state index in [2.05, 4.69) is 70.4 Å². The number of halogens is 1. The summed E-state index contributed by atoms with van der Waals surface area (Å²) in [7, 11) is 0. The Morgan fingerprint density at radius 2 is 1.76 bits per heavy atom. The molecule has 3 rings (SSSR count). The maximum Gasteiger partial charge on any atom is 0.0645 e. The van der Waals surface area contributed by atoms with Crippen molar-refractivity contribution in [2.75, 3.05) is 5.32 Å². The Labute approximate surface area is 138 Å². The Bertz CT molecular complexity index is 722. The maximum absolute atomic E-state index is 4.45. The summed E-state index contributed by atoms with van der Waals surface area (Å²) >= 11 is 2.34. The van der Waals surface area contributed by atoms with Crippen LogP contribution >= 0.6 is 22.6 Å². The van der Waals surface area contributed by atoms with Gasteiger partial charge < -0.3 is 5.32 Å². The van der Waals surface area contributed by atoms with E-state index in [0.717, 1.165) is 11.4 Å². The fourth-order valence-electron chi connectivity index (χ4n) is 2.18. The number of rotatable bonds is 4. The smallest absolute Gasteiger partial charge is 0.0645 e. The van der Waals surface area contributed by atoms with Crippen LogP contribution in [0.2, 0.25) is 0 Å². The molecule has 0 aliphatic carbocycles. The first kappa shape index (κ1) is 14.1. The molecular formula is C17H16IN3. The molecule has 0 spiro atoms. The van der Waals surface area contributed by atoms with Gasteiger partial charge in [0.2, 0.25) is 0 Å². The van der Waals surface area contributed by atoms with E-state index in [9.17, 15) is 0 Å². The molecule has 0 saturated carbocycles. The molecule has 0 radical (unpaired) electrons. The summed E-state index contributed by atoms with van der Waals surface area (Å²) in [6.07, 6.45) is 3.99. The van der Waals surface area contributed by atoms with Gasteiger partial charge in [-0.3, -0.25) is 0 Å². The van der Waals surface area contributed by atoms with E-state index in [4.69, 9.17) is 0 Å². The first-order chi connectivity index (χ1) is 10.2. The molecule has 3 aromatic rings. The van der Waals surface area contributed by atoms with Gasteiger partial charge in [-0.25, -0.2) is 4.68 Å². The van der Waals surface area contributed by atoms with Crippen LogP contribution < -0.4 is 5.32 Å². The average Bonchev–Trinajstić information content (AvgIpc) is 3.00. The Morgan fingerprint density at radius 1 is 1.05 bits per heavy atom. The molecule has 0 saturated heterocycles. The number of aromatic nitrogens is 2. The summed E-state index contributed by atoms with van der Waals surface area (Å²) in [6, 6.07) is 18.6. The molecule has 3 nitrogen and oxygen atoms in total. The topological polar surface area (TPSA) is 29.9 Å². The second kappa shape index (κ2) is 6.30. The third-order valence-electron chi connectivity index (χ3n) is 3.37. The second-order valence-corrected chi connectivity index (χ2v) is 6.06. The number of hydrogen-bond acceptors (Lipinski definition) is 2. The van der Waals surface area contributed by atoms with E-state index >= 15 is 0 Å². The van der Waals surface area contributed by atoms with Gasteiger partial charge in [-0.1, -0.05) is 30.3 Å². The van der Waals surface area contributed by atoms with E-state index in [1.807, 2.05) is 41.2 Å². The van der Waals surface area contributed by atoms with E-state index in [0.29, 0.717) is 0 Å². The third kappa shape index (κ3) is 3.26. The highest BCUT2D eigenvalue weighted by Crippen LogP contribution is 2.23. The molecule has 4 heteroatoms. The van der Waals surface area contributed by atoms with Crippen LogP contribution in [0, 0.1) is 3.57 Å². The van der Waals surface area contributed by atoms with Gasteiger partial charge in [0.25, 0.3) is 0 Å². The van der Waals surface area contributed by atoms with Crippen molar-refractivity contribution in [3.63, 3.8) is 0 Å². The van der Waals surface area contributed by atoms with Crippen LogP contribution in [0.25, 0.3) is 5.69 Å². The zero-order chi connectivity index (χ0) is 14.7. The number of benzene rings is 2. The Kier molecular flexibility index (Phi) is 4.24. The van der Waals surface area contributed by atoms with Gasteiger partial charge in [-0.05, 0) is 53.8 Å². The fourth-order valence-corrected chi connectivity index (χ4v) is 2.72. The summed E-state index contributed by atoms with van der Waals surface area (Å²) in [5.41, 5.74) is 3.39. The van der Waals surface area contributed by atoms with Gasteiger partial charge in [0, 0.05) is 21.0 Å². The Morgan fingerprint density at radius 3 is 2.52 bits per heavy atom. The highest BCUT2D eigenvalue weighted by atomic mass is 127. The first-order valence-electron chi connectivity index (χ1n) is 6.85. The van der Waals surface area contributed by atoms with Crippen molar-refractivity contribution in [1.29, 1.82) is 0 Å². The Hall–Kier alpha value is -1.82. The summed E-state index contributed by atoms with van der Waals surface area (Å²) in [4.78, 5) is 0. The van der Waals surface area contributed by atoms with Crippen molar-refractivity contribution in [3.05, 3.63) is 76.1 Å². The van der Waals surface area contributed by atoms with Crippen molar-refractivity contribution >= 4 is 28.3 Å². The maximum atomic E-state index is 4.45. The van der Waals surface area contributed by atoms with E-state index in [-0.39, 0.29) is 6.04 Å². The summed E-state index contributed by atoms with van der Waals surface area (Å²) in [6.45, 7) is 2.15. The van der Waals surface area contributed by atoms with Crippen LogP contribution in [0.3, 0.4) is 0 Å². The number of nitrogens with zero attached hydrogens (tertiary/aromatic N) is 2. The van der Waals surface area contributed by atoms with Crippen molar-refractivity contribution in [2.45, 2.75) is 13.0 Å². The van der Waals surface area contributed by atoms with Crippen LogP contribution in [-0.2, 0) is 0 Å². The zero-order valence-electron chi connectivity index (χ0n) is 11.7. The second-order valence-electron chi connectivity index (χ2n) is 4.90. The average molecular weight is 389 g/mol. The lowest BCUT2D eigenvalue weighted by molar-refractivity contribution is 0.868. The summed E-state index contributed by atoms with van der Waals surface area (Å²) in [5.74, 6) is 0. The van der Waals surface area contributed by atoms with Crippen LogP contribution in [0.4, 0.5) is 5.69 Å². The summed E-state index contributed by atoms with van der Waals surface area (Å²) < 4.78 is 3.13. The lowest BCUT2D eigenvalue weighted by Gasteiger charge is -2.14. The molecule has 0 aliphatic heterocycles. The van der Waals surface area contributed by atoms with Gasteiger partial charge in [0.15, 0.2) is 0 Å². The Balaban J connectivity index is 1.79. The molecule has 1 unspecified atom stereocenters. The van der Waals surface area contributed by atoms with Crippen LogP contribution in [0.5, 0.6) is 0 Å². The molecule has 1 aromatic heterocycles. The molecule has 1 atom stereocenters. The SMILES string of the molecule is CC(Nc1ccccc1I)c1cnn(-c2ccccc2)c1. The first-order valence-corrected chi connectivity index (χ1v) is 7.93. The standard InChI is InChI=1S/C17H16IN3/c1-13(20-17-10-6-5-9-16(17)18)14-11-19-21(12-14)15-7-3-2-4-8-15/h2-13,20H,1H3. The molecule has 106 valence electrons. The minimum absolute atomic E-state index is 0.207. The highest BCUT2D eigenvalue weighted by molar-refractivity contribution is 14.1. The van der Waals surface area contributed by atoms with Gasteiger partial charge >= 0.3 is 0 Å². The summed E-state index contributed by atoms with van der Waals surface area (Å²) in [5, 5.41) is 7.98. The van der Waals surface area contributed by atoms with Crippen molar-refractivity contribution < 1.29 is 0 Å². The molecule has 0 aliphatic rings. The monoisotopic (exact) mass is 389 g/mol. The van der Waals surface area contributed by atoms with E-state index in [1.54, 1.807) is 0 Å². The molecule has 0 fully saturated rings. The lowest BCUT2D eigenvalue weighted by Crippen LogP contribution is -2.06. The molecule has 0 bridgehead atoms. The van der Waals surface area contributed by atoms with Gasteiger partial charge in [0.1, 0.15) is 0 Å². The largest absolute Gasteiger partial charge is 0.378 e. The molecule has 1 heterocycles. The molecule has 0 amide bonds. The third-order valence-corrected chi connectivity index (χ3v) is 4.31. The molecular weight excluding hydrogens is 373 g/mol. The highest BCUT2D eigenvalue weighted by Gasteiger charge is 2.10. The van der Waals surface area contributed by atoms with Gasteiger partial charge in [0.05, 0.1) is 17.9 Å². The van der Waals surface area contributed by atoms with Gasteiger partial charge in [-0.2, -0.15) is 5.10 Å². The minimum Gasteiger partial charge on any atom is -0.378 e. The molecule has 2 aromatic carbocycles. The normalized spacial score (nSPS) is 12.1. The quantitative estimate of drug-likeness (QED) is 0.659. The number of nitrogens with one attached hydrogen (secondary N) is 1. The van der Waals surface area contributed by atoms with Crippen molar-refractivity contribution in [2.24, 2.45) is 0 Å². The van der Waals surface area contributed by atoms with Gasteiger partial charge in [-0.15, -0.1) is 0 Å².